The van der Waals surface area contributed by atoms with Gasteiger partial charge in [0, 0.05) is 25.8 Å². The summed E-state index contributed by atoms with van der Waals surface area (Å²) in [5, 5.41) is 2.77. The van der Waals surface area contributed by atoms with Crippen molar-refractivity contribution in [1.29, 1.82) is 0 Å². The second kappa shape index (κ2) is 6.67. The predicted molar refractivity (Wildman–Crippen MR) is 77.4 cm³/mol. The lowest BCUT2D eigenvalue weighted by Crippen LogP contribution is -2.41. The fraction of sp³-hybridized carbons (Fsp3) is 0.571. The number of hydrogen-bond donors (Lipinski definition) is 2. The summed E-state index contributed by atoms with van der Waals surface area (Å²) in [6, 6.07) is 3.46. The van der Waals surface area contributed by atoms with Crippen molar-refractivity contribution in [2.45, 2.75) is 32.5 Å². The monoisotopic (exact) mass is 278 g/mol. The van der Waals surface area contributed by atoms with Crippen molar-refractivity contribution in [2.75, 3.05) is 24.6 Å². The smallest absolute Gasteiger partial charge is 0.236 e. The van der Waals surface area contributed by atoms with E-state index in [0.29, 0.717) is 6.54 Å². The standard InChI is InChI=1S/C14H22N4O2/c1-10-9-18(5-6-20-10)13-4-3-12(7-16-13)8-17-14(19)11(2)15/h3-4,7,10-11H,5-6,8-9,15H2,1-2H3,(H,17,19)/t10?,11-/m1/s1. The maximum atomic E-state index is 11.4. The third kappa shape index (κ3) is 3.91. The zero-order valence-electron chi connectivity index (χ0n) is 12.0. The highest BCUT2D eigenvalue weighted by molar-refractivity contribution is 5.80. The Kier molecular flexibility index (Phi) is 4.92. The summed E-state index contributed by atoms with van der Waals surface area (Å²) in [5.41, 5.74) is 6.45. The summed E-state index contributed by atoms with van der Waals surface area (Å²) >= 11 is 0. The van der Waals surface area contributed by atoms with Crippen LogP contribution in [0.15, 0.2) is 18.3 Å². The minimum Gasteiger partial charge on any atom is -0.375 e. The Morgan fingerprint density at radius 3 is 3.05 bits per heavy atom. The van der Waals surface area contributed by atoms with Gasteiger partial charge in [-0.15, -0.1) is 0 Å². The number of ether oxygens (including phenoxy) is 1. The van der Waals surface area contributed by atoms with Gasteiger partial charge in [-0.2, -0.15) is 0 Å². The van der Waals surface area contributed by atoms with Crippen LogP contribution in [0, 0.1) is 0 Å². The number of nitrogens with zero attached hydrogens (tertiary/aromatic N) is 2. The largest absolute Gasteiger partial charge is 0.375 e. The molecule has 1 fully saturated rings. The van der Waals surface area contributed by atoms with Crippen LogP contribution in [0.25, 0.3) is 0 Å². The van der Waals surface area contributed by atoms with E-state index in [-0.39, 0.29) is 12.0 Å². The molecule has 6 heteroatoms. The molecule has 0 spiro atoms. The number of nitrogens with two attached hydrogens (primary N) is 1. The first-order valence-corrected chi connectivity index (χ1v) is 6.91. The van der Waals surface area contributed by atoms with Crippen LogP contribution in [-0.4, -0.2) is 42.7 Å². The second-order valence-corrected chi connectivity index (χ2v) is 5.16. The number of pyridine rings is 1. The molecule has 110 valence electrons. The minimum absolute atomic E-state index is 0.156. The zero-order valence-corrected chi connectivity index (χ0v) is 12.0. The van der Waals surface area contributed by atoms with Crippen molar-refractivity contribution in [3.63, 3.8) is 0 Å². The summed E-state index contributed by atoms with van der Waals surface area (Å²) in [5.74, 6) is 0.790. The van der Waals surface area contributed by atoms with Crippen molar-refractivity contribution in [2.24, 2.45) is 5.73 Å². The molecule has 1 aromatic heterocycles. The van der Waals surface area contributed by atoms with E-state index >= 15 is 0 Å². The van der Waals surface area contributed by atoms with E-state index in [0.717, 1.165) is 31.1 Å². The molecular formula is C14H22N4O2. The Bertz CT molecular complexity index is 447. The molecule has 2 atom stereocenters. The van der Waals surface area contributed by atoms with Crippen LogP contribution < -0.4 is 16.0 Å². The van der Waals surface area contributed by atoms with Crippen LogP contribution in [-0.2, 0) is 16.1 Å². The van der Waals surface area contributed by atoms with E-state index in [4.69, 9.17) is 10.5 Å². The summed E-state index contributed by atoms with van der Waals surface area (Å²) in [6.07, 6.45) is 2.02. The van der Waals surface area contributed by atoms with E-state index in [2.05, 4.69) is 22.1 Å². The van der Waals surface area contributed by atoms with Crippen LogP contribution >= 0.6 is 0 Å². The van der Waals surface area contributed by atoms with Crippen molar-refractivity contribution in [3.8, 4) is 0 Å². The molecule has 1 aliphatic heterocycles. The molecule has 0 aliphatic carbocycles. The van der Waals surface area contributed by atoms with Gasteiger partial charge in [0.1, 0.15) is 5.82 Å². The predicted octanol–water partition coefficient (Wildman–Crippen LogP) is 0.270. The molecule has 1 unspecified atom stereocenters. The third-order valence-electron chi connectivity index (χ3n) is 3.25. The Labute approximate surface area is 119 Å². The van der Waals surface area contributed by atoms with Crippen LogP contribution in [0.2, 0.25) is 0 Å². The topological polar surface area (TPSA) is 80.5 Å². The Morgan fingerprint density at radius 2 is 2.45 bits per heavy atom. The molecule has 2 rings (SSSR count). The van der Waals surface area contributed by atoms with Gasteiger partial charge in [0.25, 0.3) is 0 Å². The quantitative estimate of drug-likeness (QED) is 0.826. The van der Waals surface area contributed by atoms with Gasteiger partial charge < -0.3 is 20.7 Å². The first-order chi connectivity index (χ1) is 9.56. The van der Waals surface area contributed by atoms with Crippen LogP contribution in [0.4, 0.5) is 5.82 Å². The van der Waals surface area contributed by atoms with Crippen molar-refractivity contribution in [3.05, 3.63) is 23.9 Å². The number of carbonyl (C=O) groups is 1. The highest BCUT2D eigenvalue weighted by atomic mass is 16.5. The molecule has 1 aliphatic rings. The molecule has 6 nitrogen and oxygen atoms in total. The zero-order chi connectivity index (χ0) is 14.5. The highest BCUT2D eigenvalue weighted by Gasteiger charge is 2.17. The number of morpholine rings is 1. The molecule has 1 aromatic rings. The Balaban J connectivity index is 1.91. The van der Waals surface area contributed by atoms with Gasteiger partial charge in [-0.1, -0.05) is 6.07 Å². The highest BCUT2D eigenvalue weighted by Crippen LogP contribution is 2.15. The number of carbonyl (C=O) groups excluding carboxylic acids is 1. The van der Waals surface area contributed by atoms with E-state index in [9.17, 15) is 4.79 Å². The van der Waals surface area contributed by atoms with Gasteiger partial charge in [-0.25, -0.2) is 4.98 Å². The summed E-state index contributed by atoms with van der Waals surface area (Å²) in [4.78, 5) is 18.0. The van der Waals surface area contributed by atoms with E-state index < -0.39 is 6.04 Å². The molecule has 0 radical (unpaired) electrons. The van der Waals surface area contributed by atoms with Crippen LogP contribution in [0.5, 0.6) is 0 Å². The number of amides is 1. The molecular weight excluding hydrogens is 256 g/mol. The number of aromatic nitrogens is 1. The second-order valence-electron chi connectivity index (χ2n) is 5.16. The van der Waals surface area contributed by atoms with Gasteiger partial charge >= 0.3 is 0 Å². The average molecular weight is 278 g/mol. The van der Waals surface area contributed by atoms with E-state index in [1.54, 1.807) is 13.1 Å². The SMILES string of the molecule is CC1CN(c2ccc(CNC(=O)[C@@H](C)N)cn2)CCO1. The third-order valence-corrected chi connectivity index (χ3v) is 3.25. The van der Waals surface area contributed by atoms with Crippen molar-refractivity contribution < 1.29 is 9.53 Å². The summed E-state index contributed by atoms with van der Waals surface area (Å²) < 4.78 is 5.51. The average Bonchev–Trinajstić information content (AvgIpc) is 2.45. The van der Waals surface area contributed by atoms with Crippen LogP contribution in [0.1, 0.15) is 19.4 Å². The van der Waals surface area contributed by atoms with E-state index in [1.165, 1.54) is 0 Å². The van der Waals surface area contributed by atoms with Crippen molar-refractivity contribution >= 4 is 11.7 Å². The van der Waals surface area contributed by atoms with E-state index in [1.807, 2.05) is 12.1 Å². The lowest BCUT2D eigenvalue weighted by atomic mass is 10.2. The van der Waals surface area contributed by atoms with Crippen molar-refractivity contribution in [1.82, 2.24) is 10.3 Å². The summed E-state index contributed by atoms with van der Waals surface area (Å²) in [7, 11) is 0. The molecule has 2 heterocycles. The number of hydrogen-bond acceptors (Lipinski definition) is 5. The molecule has 3 N–H and O–H groups in total. The van der Waals surface area contributed by atoms with Gasteiger partial charge in [0.2, 0.25) is 5.91 Å². The summed E-state index contributed by atoms with van der Waals surface area (Å²) in [6.45, 7) is 6.62. The lowest BCUT2D eigenvalue weighted by Gasteiger charge is -2.32. The normalized spacial score (nSPS) is 20.6. The van der Waals surface area contributed by atoms with Gasteiger partial charge in [0.15, 0.2) is 0 Å². The fourth-order valence-corrected chi connectivity index (χ4v) is 2.08. The fourth-order valence-electron chi connectivity index (χ4n) is 2.08. The molecule has 0 aromatic carbocycles. The minimum atomic E-state index is -0.489. The van der Waals surface area contributed by atoms with Gasteiger partial charge in [0.05, 0.1) is 18.8 Å². The maximum Gasteiger partial charge on any atom is 0.236 e. The van der Waals surface area contributed by atoms with Gasteiger partial charge in [-0.05, 0) is 25.5 Å². The number of rotatable bonds is 4. The van der Waals surface area contributed by atoms with Gasteiger partial charge in [-0.3, -0.25) is 4.79 Å². The first-order valence-electron chi connectivity index (χ1n) is 6.91. The molecule has 0 saturated carbocycles. The van der Waals surface area contributed by atoms with Crippen LogP contribution in [0.3, 0.4) is 0 Å². The molecule has 0 bridgehead atoms. The number of anilines is 1. The lowest BCUT2D eigenvalue weighted by molar-refractivity contribution is -0.122. The molecule has 20 heavy (non-hydrogen) atoms. The molecule has 1 saturated heterocycles. The maximum absolute atomic E-state index is 11.4. The Morgan fingerprint density at radius 1 is 1.65 bits per heavy atom. The first kappa shape index (κ1) is 14.7. The Hall–Kier alpha value is -1.66. The molecule has 1 amide bonds. The number of nitrogens with one attached hydrogen (secondary N) is 1.